The van der Waals surface area contributed by atoms with Gasteiger partial charge in [0.05, 0.1) is 11.4 Å². The number of aryl methyl sites for hydroxylation is 1. The standard InChI is InChI=1S/C20H20N6O/c1-26-18(5-8-24-26)17-11-14-9-15(12-23-19(14)25-17)13-3-4-16(10-13)27-20-21-6-2-7-22-20/h2,5-9,11-13,16H,3-4,10H2,1H3,(H,23,25). The van der Waals surface area contributed by atoms with Crippen LogP contribution in [0.1, 0.15) is 30.7 Å². The van der Waals surface area contributed by atoms with E-state index >= 15 is 0 Å². The number of aromatic nitrogens is 6. The minimum atomic E-state index is 0.157. The number of nitrogens with one attached hydrogen (secondary N) is 1. The van der Waals surface area contributed by atoms with E-state index in [-0.39, 0.29) is 6.10 Å². The van der Waals surface area contributed by atoms with Crippen LogP contribution < -0.4 is 4.74 Å². The highest BCUT2D eigenvalue weighted by molar-refractivity contribution is 5.82. The summed E-state index contributed by atoms with van der Waals surface area (Å²) in [4.78, 5) is 16.3. The lowest BCUT2D eigenvalue weighted by molar-refractivity contribution is 0.190. The lowest BCUT2D eigenvalue weighted by Crippen LogP contribution is -2.13. The Labute approximate surface area is 156 Å². The smallest absolute Gasteiger partial charge is 0.316 e. The van der Waals surface area contributed by atoms with Crippen molar-refractivity contribution in [3.63, 3.8) is 0 Å². The van der Waals surface area contributed by atoms with Crippen molar-refractivity contribution in [3.8, 4) is 17.4 Å². The molecule has 1 saturated carbocycles. The summed E-state index contributed by atoms with van der Waals surface area (Å²) >= 11 is 0. The molecular formula is C20H20N6O. The fourth-order valence-electron chi connectivity index (χ4n) is 3.88. The van der Waals surface area contributed by atoms with Crippen molar-refractivity contribution in [3.05, 3.63) is 54.6 Å². The molecule has 4 aromatic heterocycles. The van der Waals surface area contributed by atoms with Gasteiger partial charge in [-0.3, -0.25) is 4.68 Å². The van der Waals surface area contributed by atoms with E-state index in [1.807, 2.05) is 24.0 Å². The molecule has 0 bridgehead atoms. The molecule has 4 heterocycles. The number of hydrogen-bond donors (Lipinski definition) is 1. The molecule has 136 valence electrons. The second kappa shape index (κ2) is 6.50. The summed E-state index contributed by atoms with van der Waals surface area (Å²) in [6.07, 6.45) is 10.4. The molecular weight excluding hydrogens is 340 g/mol. The maximum atomic E-state index is 5.92. The van der Waals surface area contributed by atoms with E-state index in [2.05, 4.69) is 37.2 Å². The number of hydrogen-bond acceptors (Lipinski definition) is 5. The van der Waals surface area contributed by atoms with Crippen LogP contribution in [0.2, 0.25) is 0 Å². The summed E-state index contributed by atoms with van der Waals surface area (Å²) < 4.78 is 7.78. The quantitative estimate of drug-likeness (QED) is 0.603. The summed E-state index contributed by atoms with van der Waals surface area (Å²) in [6.45, 7) is 0. The van der Waals surface area contributed by atoms with Gasteiger partial charge in [-0.15, -0.1) is 0 Å². The Balaban J connectivity index is 1.35. The number of nitrogens with zero attached hydrogens (tertiary/aromatic N) is 5. The van der Waals surface area contributed by atoms with E-state index in [4.69, 9.17) is 4.74 Å². The van der Waals surface area contributed by atoms with Crippen LogP contribution >= 0.6 is 0 Å². The number of fused-ring (bicyclic) bond motifs is 1. The summed E-state index contributed by atoms with van der Waals surface area (Å²) in [6, 6.07) is 8.63. The lowest BCUT2D eigenvalue weighted by atomic mass is 9.99. The molecule has 1 fully saturated rings. The molecule has 2 unspecified atom stereocenters. The van der Waals surface area contributed by atoms with Gasteiger partial charge in [-0.2, -0.15) is 5.10 Å². The maximum Gasteiger partial charge on any atom is 0.316 e. The fourth-order valence-corrected chi connectivity index (χ4v) is 3.88. The van der Waals surface area contributed by atoms with Gasteiger partial charge in [0.15, 0.2) is 0 Å². The molecule has 0 aromatic carbocycles. The average Bonchev–Trinajstić information content (AvgIpc) is 3.41. The van der Waals surface area contributed by atoms with Crippen molar-refractivity contribution < 1.29 is 4.74 Å². The second-order valence-electron chi connectivity index (χ2n) is 7.01. The zero-order valence-corrected chi connectivity index (χ0v) is 15.0. The Morgan fingerprint density at radius 1 is 1.11 bits per heavy atom. The van der Waals surface area contributed by atoms with Gasteiger partial charge in [-0.25, -0.2) is 15.0 Å². The fraction of sp³-hybridized carbons (Fsp3) is 0.300. The summed E-state index contributed by atoms with van der Waals surface area (Å²) in [5, 5.41) is 5.36. The van der Waals surface area contributed by atoms with Gasteiger partial charge < -0.3 is 9.72 Å². The van der Waals surface area contributed by atoms with E-state index in [0.717, 1.165) is 41.7 Å². The molecule has 7 heteroatoms. The van der Waals surface area contributed by atoms with Gasteiger partial charge in [-0.05, 0) is 55.0 Å². The lowest BCUT2D eigenvalue weighted by Gasteiger charge is -2.12. The molecule has 0 aliphatic heterocycles. The summed E-state index contributed by atoms with van der Waals surface area (Å²) in [5.74, 6) is 0.450. The zero-order valence-electron chi connectivity index (χ0n) is 15.0. The van der Waals surface area contributed by atoms with E-state index in [1.54, 1.807) is 24.7 Å². The van der Waals surface area contributed by atoms with Crippen LogP contribution in [0.5, 0.6) is 6.01 Å². The van der Waals surface area contributed by atoms with Crippen molar-refractivity contribution in [1.82, 2.24) is 29.7 Å². The van der Waals surface area contributed by atoms with Crippen LogP contribution in [-0.4, -0.2) is 35.8 Å². The first-order valence-corrected chi connectivity index (χ1v) is 9.17. The molecule has 7 nitrogen and oxygen atoms in total. The predicted molar refractivity (Wildman–Crippen MR) is 101 cm³/mol. The summed E-state index contributed by atoms with van der Waals surface area (Å²) in [5.41, 5.74) is 4.24. The van der Waals surface area contributed by atoms with E-state index in [1.165, 1.54) is 5.56 Å². The van der Waals surface area contributed by atoms with E-state index < -0.39 is 0 Å². The van der Waals surface area contributed by atoms with Crippen molar-refractivity contribution in [2.75, 3.05) is 0 Å². The SMILES string of the molecule is Cn1nccc1-c1cc2cc(C3CCC(Oc4ncccn4)C3)cnc2[nH]1. The Morgan fingerprint density at radius 2 is 2.00 bits per heavy atom. The Hall–Kier alpha value is -3.22. The van der Waals surface area contributed by atoms with Gasteiger partial charge in [0.1, 0.15) is 11.8 Å². The predicted octanol–water partition coefficient (Wildman–Crippen LogP) is 3.47. The minimum Gasteiger partial charge on any atom is -0.460 e. The number of rotatable bonds is 4. The molecule has 0 spiro atoms. The Morgan fingerprint density at radius 3 is 2.81 bits per heavy atom. The number of H-pyrrole nitrogens is 1. The van der Waals surface area contributed by atoms with Crippen molar-refractivity contribution >= 4 is 11.0 Å². The third kappa shape index (κ3) is 3.05. The first-order valence-electron chi connectivity index (χ1n) is 9.17. The van der Waals surface area contributed by atoms with Crippen molar-refractivity contribution in [2.24, 2.45) is 7.05 Å². The Bertz CT molecular complexity index is 1070. The molecule has 5 rings (SSSR count). The van der Waals surface area contributed by atoms with Gasteiger partial charge in [0.25, 0.3) is 0 Å². The first kappa shape index (κ1) is 16.0. The number of ether oxygens (including phenoxy) is 1. The summed E-state index contributed by atoms with van der Waals surface area (Å²) in [7, 11) is 1.94. The van der Waals surface area contributed by atoms with Gasteiger partial charge in [0.2, 0.25) is 0 Å². The number of pyridine rings is 1. The zero-order chi connectivity index (χ0) is 18.2. The maximum absolute atomic E-state index is 5.92. The highest BCUT2D eigenvalue weighted by Crippen LogP contribution is 2.37. The monoisotopic (exact) mass is 360 g/mol. The van der Waals surface area contributed by atoms with Crippen LogP contribution in [0.25, 0.3) is 22.4 Å². The largest absolute Gasteiger partial charge is 0.460 e. The molecule has 27 heavy (non-hydrogen) atoms. The molecule has 0 radical (unpaired) electrons. The van der Waals surface area contributed by atoms with E-state index in [9.17, 15) is 0 Å². The first-order chi connectivity index (χ1) is 13.3. The normalized spacial score (nSPS) is 19.6. The van der Waals surface area contributed by atoms with Gasteiger partial charge >= 0.3 is 6.01 Å². The highest BCUT2D eigenvalue weighted by Gasteiger charge is 2.28. The van der Waals surface area contributed by atoms with Gasteiger partial charge in [0, 0.05) is 37.2 Å². The van der Waals surface area contributed by atoms with E-state index in [0.29, 0.717) is 11.9 Å². The average molecular weight is 360 g/mol. The topological polar surface area (TPSA) is 81.5 Å². The molecule has 1 aliphatic rings. The van der Waals surface area contributed by atoms with Crippen LogP contribution in [0.15, 0.2) is 49.1 Å². The molecule has 0 amide bonds. The van der Waals surface area contributed by atoms with Gasteiger partial charge in [-0.1, -0.05) is 0 Å². The molecule has 4 aromatic rings. The second-order valence-corrected chi connectivity index (χ2v) is 7.01. The molecule has 1 aliphatic carbocycles. The number of aromatic amines is 1. The Kier molecular flexibility index (Phi) is 3.85. The van der Waals surface area contributed by atoms with Crippen LogP contribution in [-0.2, 0) is 7.05 Å². The third-order valence-corrected chi connectivity index (χ3v) is 5.26. The van der Waals surface area contributed by atoms with Crippen molar-refractivity contribution in [2.45, 2.75) is 31.3 Å². The molecule has 0 saturated heterocycles. The van der Waals surface area contributed by atoms with Crippen LogP contribution in [0.4, 0.5) is 0 Å². The third-order valence-electron chi connectivity index (χ3n) is 5.26. The van der Waals surface area contributed by atoms with Crippen molar-refractivity contribution in [1.29, 1.82) is 0 Å². The highest BCUT2D eigenvalue weighted by atomic mass is 16.5. The van der Waals surface area contributed by atoms with Crippen LogP contribution in [0.3, 0.4) is 0 Å². The minimum absolute atomic E-state index is 0.157. The van der Waals surface area contributed by atoms with Crippen LogP contribution in [0, 0.1) is 0 Å². The molecule has 2 atom stereocenters. The molecule has 1 N–H and O–H groups in total.